The zero-order valence-corrected chi connectivity index (χ0v) is 12.3. The van der Waals surface area contributed by atoms with Crippen molar-refractivity contribution in [2.75, 3.05) is 26.2 Å². The Bertz CT molecular complexity index is 483. The summed E-state index contributed by atoms with van der Waals surface area (Å²) in [7, 11) is 0. The predicted molar refractivity (Wildman–Crippen MR) is 76.8 cm³/mol. The summed E-state index contributed by atoms with van der Waals surface area (Å²) in [5, 5.41) is 4.19. The van der Waals surface area contributed by atoms with Gasteiger partial charge in [0.05, 0.1) is 12.1 Å². The number of ether oxygens (including phenoxy) is 1. The maximum absolute atomic E-state index is 11.1. The number of aromatic nitrogens is 3. The van der Waals surface area contributed by atoms with E-state index in [0.717, 1.165) is 45.5 Å². The van der Waals surface area contributed by atoms with E-state index >= 15 is 0 Å². The molecule has 0 saturated carbocycles. The highest BCUT2D eigenvalue weighted by atomic mass is 16.5. The zero-order valence-electron chi connectivity index (χ0n) is 12.3. The first-order valence-corrected chi connectivity index (χ1v) is 7.77. The van der Waals surface area contributed by atoms with Crippen molar-refractivity contribution < 1.29 is 9.53 Å². The number of hydrogen-bond donors (Lipinski definition) is 1. The van der Waals surface area contributed by atoms with Crippen molar-refractivity contribution in [2.24, 2.45) is 5.73 Å². The molecule has 0 bridgehead atoms. The van der Waals surface area contributed by atoms with Crippen LogP contribution in [0.4, 0.5) is 0 Å². The van der Waals surface area contributed by atoms with Gasteiger partial charge in [-0.3, -0.25) is 9.69 Å². The Morgan fingerprint density at radius 3 is 3.00 bits per heavy atom. The molecule has 1 amide bonds. The van der Waals surface area contributed by atoms with Crippen molar-refractivity contribution in [3.05, 3.63) is 12.2 Å². The summed E-state index contributed by atoms with van der Waals surface area (Å²) >= 11 is 0. The SMILES string of the molecule is NC(=O)c1ncn([C@@H]2CCCN(C[C@@H]3CCCCO3)C2)n1. The lowest BCUT2D eigenvalue weighted by Gasteiger charge is -2.35. The molecule has 0 spiro atoms. The van der Waals surface area contributed by atoms with Gasteiger partial charge >= 0.3 is 0 Å². The molecule has 0 aliphatic carbocycles. The standard InChI is InChI=1S/C14H23N5O2/c15-13(20)14-16-10-19(17-14)11-4-3-6-18(8-11)9-12-5-1-2-7-21-12/h10-12H,1-9H2,(H2,15,20)/t11-,12+/m1/s1. The number of nitrogens with zero attached hydrogens (tertiary/aromatic N) is 4. The minimum Gasteiger partial charge on any atom is -0.377 e. The van der Waals surface area contributed by atoms with Crippen LogP contribution in [0.15, 0.2) is 6.33 Å². The van der Waals surface area contributed by atoms with E-state index in [-0.39, 0.29) is 11.9 Å². The van der Waals surface area contributed by atoms with Crippen molar-refractivity contribution in [1.29, 1.82) is 0 Å². The molecule has 3 heterocycles. The lowest BCUT2D eigenvalue weighted by atomic mass is 10.0. The maximum Gasteiger partial charge on any atom is 0.288 e. The Morgan fingerprint density at radius 1 is 1.38 bits per heavy atom. The zero-order chi connectivity index (χ0) is 14.7. The van der Waals surface area contributed by atoms with Crippen molar-refractivity contribution in [3.63, 3.8) is 0 Å². The molecular weight excluding hydrogens is 270 g/mol. The van der Waals surface area contributed by atoms with Crippen LogP contribution < -0.4 is 5.73 Å². The van der Waals surface area contributed by atoms with Crippen LogP contribution in [0.5, 0.6) is 0 Å². The van der Waals surface area contributed by atoms with Crippen LogP contribution >= 0.6 is 0 Å². The van der Waals surface area contributed by atoms with E-state index in [9.17, 15) is 4.79 Å². The molecule has 3 rings (SSSR count). The first-order chi connectivity index (χ1) is 10.2. The predicted octanol–water partition coefficient (Wildman–Crippen LogP) is 0.583. The number of nitrogens with two attached hydrogens (primary N) is 1. The van der Waals surface area contributed by atoms with Gasteiger partial charge in [0, 0.05) is 19.7 Å². The number of hydrogen-bond acceptors (Lipinski definition) is 5. The van der Waals surface area contributed by atoms with E-state index in [2.05, 4.69) is 15.0 Å². The molecular formula is C14H23N5O2. The molecule has 0 aromatic carbocycles. The quantitative estimate of drug-likeness (QED) is 0.877. The Balaban J connectivity index is 1.58. The fraction of sp³-hybridized carbons (Fsp3) is 0.786. The summed E-state index contributed by atoms with van der Waals surface area (Å²) in [6.07, 6.45) is 7.80. The second-order valence-electron chi connectivity index (χ2n) is 5.96. The third-order valence-electron chi connectivity index (χ3n) is 4.32. The van der Waals surface area contributed by atoms with Crippen LogP contribution in [0, 0.1) is 0 Å². The van der Waals surface area contributed by atoms with E-state index in [1.165, 1.54) is 12.8 Å². The minimum atomic E-state index is -0.572. The largest absolute Gasteiger partial charge is 0.377 e. The molecule has 116 valence electrons. The number of primary amides is 1. The van der Waals surface area contributed by atoms with Crippen LogP contribution in [-0.4, -0.2) is 57.9 Å². The minimum absolute atomic E-state index is 0.0998. The van der Waals surface area contributed by atoms with Gasteiger partial charge < -0.3 is 10.5 Å². The number of amides is 1. The summed E-state index contributed by atoms with van der Waals surface area (Å²) < 4.78 is 7.61. The smallest absolute Gasteiger partial charge is 0.288 e. The van der Waals surface area contributed by atoms with E-state index in [1.54, 1.807) is 11.0 Å². The molecule has 2 saturated heterocycles. The van der Waals surface area contributed by atoms with E-state index in [0.29, 0.717) is 6.10 Å². The molecule has 0 radical (unpaired) electrons. The molecule has 0 unspecified atom stereocenters. The van der Waals surface area contributed by atoms with E-state index in [4.69, 9.17) is 10.5 Å². The van der Waals surface area contributed by atoms with Gasteiger partial charge in [-0.2, -0.15) is 0 Å². The number of likely N-dealkylation sites (tertiary alicyclic amines) is 1. The van der Waals surface area contributed by atoms with Gasteiger partial charge in [-0.15, -0.1) is 5.10 Å². The van der Waals surface area contributed by atoms with Gasteiger partial charge in [-0.05, 0) is 38.6 Å². The normalized spacial score (nSPS) is 27.6. The molecule has 7 nitrogen and oxygen atoms in total. The Kier molecular flexibility index (Phi) is 4.50. The van der Waals surface area contributed by atoms with Crippen LogP contribution in [0.1, 0.15) is 48.8 Å². The summed E-state index contributed by atoms with van der Waals surface area (Å²) in [4.78, 5) is 17.5. The topological polar surface area (TPSA) is 86.3 Å². The van der Waals surface area contributed by atoms with Crippen LogP contribution in [0.3, 0.4) is 0 Å². The first-order valence-electron chi connectivity index (χ1n) is 7.77. The van der Waals surface area contributed by atoms with Gasteiger partial charge in [-0.1, -0.05) is 0 Å². The fourth-order valence-corrected chi connectivity index (χ4v) is 3.22. The number of piperidine rings is 1. The third kappa shape index (κ3) is 3.59. The van der Waals surface area contributed by atoms with Crippen molar-refractivity contribution >= 4 is 5.91 Å². The van der Waals surface area contributed by atoms with Crippen molar-refractivity contribution in [2.45, 2.75) is 44.2 Å². The molecule has 2 atom stereocenters. The van der Waals surface area contributed by atoms with E-state index in [1.807, 2.05) is 0 Å². The molecule has 7 heteroatoms. The molecule has 2 fully saturated rings. The second kappa shape index (κ2) is 6.53. The maximum atomic E-state index is 11.1. The Labute approximate surface area is 124 Å². The highest BCUT2D eigenvalue weighted by Crippen LogP contribution is 2.22. The highest BCUT2D eigenvalue weighted by Gasteiger charge is 2.25. The molecule has 1 aromatic rings. The molecule has 2 aliphatic rings. The molecule has 2 N–H and O–H groups in total. The lowest BCUT2D eigenvalue weighted by Crippen LogP contribution is -2.42. The lowest BCUT2D eigenvalue weighted by molar-refractivity contribution is -0.0125. The van der Waals surface area contributed by atoms with Crippen LogP contribution in [0.2, 0.25) is 0 Å². The monoisotopic (exact) mass is 293 g/mol. The third-order valence-corrected chi connectivity index (χ3v) is 4.32. The van der Waals surface area contributed by atoms with Crippen LogP contribution in [-0.2, 0) is 4.74 Å². The molecule has 2 aliphatic heterocycles. The van der Waals surface area contributed by atoms with Gasteiger partial charge in [0.15, 0.2) is 0 Å². The summed E-state index contributed by atoms with van der Waals surface area (Å²) in [6.45, 7) is 3.93. The second-order valence-corrected chi connectivity index (χ2v) is 5.96. The number of carbonyl (C=O) groups is 1. The van der Waals surface area contributed by atoms with E-state index < -0.39 is 5.91 Å². The Morgan fingerprint density at radius 2 is 2.29 bits per heavy atom. The highest BCUT2D eigenvalue weighted by molar-refractivity contribution is 5.88. The average molecular weight is 293 g/mol. The first kappa shape index (κ1) is 14.5. The summed E-state index contributed by atoms with van der Waals surface area (Å²) in [6, 6.07) is 0.267. The number of rotatable bonds is 4. The fourth-order valence-electron chi connectivity index (χ4n) is 3.22. The Hall–Kier alpha value is -1.47. The van der Waals surface area contributed by atoms with Crippen molar-refractivity contribution in [1.82, 2.24) is 19.7 Å². The van der Waals surface area contributed by atoms with Gasteiger partial charge in [-0.25, -0.2) is 9.67 Å². The average Bonchev–Trinajstić information content (AvgIpc) is 2.99. The van der Waals surface area contributed by atoms with Crippen LogP contribution in [0.25, 0.3) is 0 Å². The van der Waals surface area contributed by atoms with Crippen molar-refractivity contribution in [3.8, 4) is 0 Å². The van der Waals surface area contributed by atoms with Gasteiger partial charge in [0.2, 0.25) is 5.82 Å². The van der Waals surface area contributed by atoms with Gasteiger partial charge in [0.1, 0.15) is 6.33 Å². The number of carbonyl (C=O) groups excluding carboxylic acids is 1. The summed E-state index contributed by atoms with van der Waals surface area (Å²) in [5.74, 6) is -0.472. The molecule has 1 aromatic heterocycles. The summed E-state index contributed by atoms with van der Waals surface area (Å²) in [5.41, 5.74) is 5.20. The molecule has 21 heavy (non-hydrogen) atoms. The van der Waals surface area contributed by atoms with Gasteiger partial charge in [0.25, 0.3) is 5.91 Å².